The summed E-state index contributed by atoms with van der Waals surface area (Å²) in [5, 5.41) is 0. The molecule has 148 valence electrons. The molecule has 3 saturated carbocycles. The molecule has 0 saturated heterocycles. The van der Waals surface area contributed by atoms with Gasteiger partial charge in [0.15, 0.2) is 0 Å². The molecular weight excluding hydrogens is 346 g/mol. The molecule has 4 aliphatic carbocycles. The normalized spacial score (nSPS) is 46.3. The molecule has 3 nitrogen and oxygen atoms in total. The Morgan fingerprint density at radius 1 is 1.14 bits per heavy atom. The lowest BCUT2D eigenvalue weighted by atomic mass is 9.47. The standard InChI is InChI=1S/C25H31NO2/c1-23-10-7-17(27)14-16(23)5-6-18-19(23)8-11-24(2)20(18)9-12-25(24)15-21-22(28-25)4-3-13-26-21/h3-5,13,18-20H,6-12,14-15H2,1-2H3/t18-,19+,20+,23+,24+,25?/m1/s1. The van der Waals surface area contributed by atoms with Crippen LogP contribution in [0.4, 0.5) is 0 Å². The number of hydrogen-bond acceptors (Lipinski definition) is 3. The van der Waals surface area contributed by atoms with Gasteiger partial charge < -0.3 is 4.74 Å². The molecule has 0 N–H and O–H groups in total. The van der Waals surface area contributed by atoms with Gasteiger partial charge in [-0.2, -0.15) is 0 Å². The van der Waals surface area contributed by atoms with E-state index in [9.17, 15) is 4.79 Å². The molecule has 0 aromatic carbocycles. The van der Waals surface area contributed by atoms with Gasteiger partial charge in [0.25, 0.3) is 0 Å². The summed E-state index contributed by atoms with van der Waals surface area (Å²) in [5.41, 5.74) is 3.08. The SMILES string of the molecule is C[C@]12CCC(=O)CC1=CC[C@@H]1[C@@H]2CC[C@@]2(C)[C@H]1CCC21Cc2ncccc2O1. The second kappa shape index (κ2) is 5.49. The van der Waals surface area contributed by atoms with Gasteiger partial charge in [0.1, 0.15) is 17.1 Å². The minimum atomic E-state index is -0.0489. The Morgan fingerprint density at radius 3 is 2.86 bits per heavy atom. The molecule has 1 aliphatic heterocycles. The highest BCUT2D eigenvalue weighted by molar-refractivity contribution is 5.82. The zero-order valence-corrected chi connectivity index (χ0v) is 17.2. The monoisotopic (exact) mass is 377 g/mol. The molecule has 1 aromatic rings. The number of carbonyl (C=O) groups excluding carboxylic acids is 1. The van der Waals surface area contributed by atoms with E-state index >= 15 is 0 Å². The van der Waals surface area contributed by atoms with Crippen molar-refractivity contribution in [3.05, 3.63) is 35.7 Å². The number of allylic oxidation sites excluding steroid dienone is 2. The van der Waals surface area contributed by atoms with Crippen molar-refractivity contribution in [1.82, 2.24) is 4.98 Å². The van der Waals surface area contributed by atoms with E-state index < -0.39 is 0 Å². The highest BCUT2D eigenvalue weighted by Crippen LogP contribution is 2.69. The molecule has 0 radical (unpaired) electrons. The van der Waals surface area contributed by atoms with Crippen LogP contribution in [0.15, 0.2) is 30.0 Å². The maximum Gasteiger partial charge on any atom is 0.141 e. The molecule has 0 bridgehead atoms. The lowest BCUT2D eigenvalue weighted by molar-refractivity contribution is -0.124. The number of nitrogens with zero attached hydrogens (tertiary/aromatic N) is 1. The quantitative estimate of drug-likeness (QED) is 0.577. The van der Waals surface area contributed by atoms with Gasteiger partial charge in [-0.15, -0.1) is 0 Å². The van der Waals surface area contributed by atoms with Gasteiger partial charge in [-0.25, -0.2) is 0 Å². The van der Waals surface area contributed by atoms with E-state index in [0.717, 1.165) is 54.9 Å². The first-order chi connectivity index (χ1) is 13.5. The summed E-state index contributed by atoms with van der Waals surface area (Å²) >= 11 is 0. The van der Waals surface area contributed by atoms with Crippen molar-refractivity contribution < 1.29 is 9.53 Å². The number of fused-ring (bicyclic) bond motifs is 7. The third-order valence-electron chi connectivity index (χ3n) is 9.83. The average Bonchev–Trinajstić information content (AvgIpc) is 3.20. The van der Waals surface area contributed by atoms with Gasteiger partial charge in [0, 0.05) is 30.9 Å². The predicted octanol–water partition coefficient (Wildman–Crippen LogP) is 5.29. The Bertz CT molecular complexity index is 863. The van der Waals surface area contributed by atoms with Gasteiger partial charge in [-0.1, -0.05) is 25.5 Å². The second-order valence-electron chi connectivity index (χ2n) is 10.7. The first-order valence-corrected chi connectivity index (χ1v) is 11.3. The zero-order chi connectivity index (χ0) is 19.1. The summed E-state index contributed by atoms with van der Waals surface area (Å²) in [6.45, 7) is 5.00. The van der Waals surface area contributed by atoms with Gasteiger partial charge in [-0.3, -0.25) is 9.78 Å². The third-order valence-corrected chi connectivity index (χ3v) is 9.83. The van der Waals surface area contributed by atoms with Crippen molar-refractivity contribution in [2.75, 3.05) is 0 Å². The largest absolute Gasteiger partial charge is 0.484 e. The summed E-state index contributed by atoms with van der Waals surface area (Å²) in [5.74, 6) is 3.70. The smallest absolute Gasteiger partial charge is 0.141 e. The van der Waals surface area contributed by atoms with E-state index in [4.69, 9.17) is 4.74 Å². The summed E-state index contributed by atoms with van der Waals surface area (Å²) in [4.78, 5) is 16.7. The van der Waals surface area contributed by atoms with Crippen molar-refractivity contribution in [2.45, 2.75) is 77.2 Å². The first kappa shape index (κ1) is 17.2. The van der Waals surface area contributed by atoms with Gasteiger partial charge in [0.2, 0.25) is 0 Å². The minimum absolute atomic E-state index is 0.0489. The van der Waals surface area contributed by atoms with Gasteiger partial charge in [-0.05, 0) is 73.8 Å². The number of ether oxygens (including phenoxy) is 1. The van der Waals surface area contributed by atoms with Crippen molar-refractivity contribution >= 4 is 5.78 Å². The lowest BCUT2D eigenvalue weighted by Gasteiger charge is -2.58. The second-order valence-corrected chi connectivity index (χ2v) is 10.7. The molecule has 5 aliphatic rings. The highest BCUT2D eigenvalue weighted by atomic mass is 16.5. The number of rotatable bonds is 0. The molecule has 2 heterocycles. The van der Waals surface area contributed by atoms with Crippen LogP contribution in [-0.2, 0) is 11.2 Å². The molecule has 1 unspecified atom stereocenters. The van der Waals surface area contributed by atoms with Crippen LogP contribution in [0.3, 0.4) is 0 Å². The van der Waals surface area contributed by atoms with E-state index in [2.05, 4.69) is 31.0 Å². The van der Waals surface area contributed by atoms with Crippen LogP contribution in [-0.4, -0.2) is 16.4 Å². The molecule has 28 heavy (non-hydrogen) atoms. The Balaban J connectivity index is 1.35. The molecule has 0 amide bonds. The summed E-state index contributed by atoms with van der Waals surface area (Å²) in [6, 6.07) is 4.11. The summed E-state index contributed by atoms with van der Waals surface area (Å²) in [7, 11) is 0. The van der Waals surface area contributed by atoms with Crippen molar-refractivity contribution in [3.63, 3.8) is 0 Å². The zero-order valence-electron chi connectivity index (χ0n) is 17.2. The summed E-state index contributed by atoms with van der Waals surface area (Å²) < 4.78 is 6.73. The third kappa shape index (κ3) is 2.01. The molecule has 3 heteroatoms. The fourth-order valence-corrected chi connectivity index (χ4v) is 8.19. The maximum absolute atomic E-state index is 12.1. The van der Waals surface area contributed by atoms with E-state index in [0.29, 0.717) is 5.78 Å². The molecule has 1 aromatic heterocycles. The molecule has 1 spiro atoms. The summed E-state index contributed by atoms with van der Waals surface area (Å²) in [6.07, 6.45) is 14.1. The van der Waals surface area contributed by atoms with E-state index in [1.165, 1.54) is 37.7 Å². The minimum Gasteiger partial charge on any atom is -0.484 e. The molecule has 6 atom stereocenters. The molecule has 6 rings (SSSR count). The van der Waals surface area contributed by atoms with Crippen molar-refractivity contribution in [2.24, 2.45) is 28.6 Å². The molecular formula is C25H31NO2. The number of Topliss-reactive ketones (excluding diaryl/α,β-unsaturated/α-hetero) is 1. The Labute approximate surface area is 168 Å². The van der Waals surface area contributed by atoms with Crippen LogP contribution in [0.25, 0.3) is 0 Å². The van der Waals surface area contributed by atoms with Crippen molar-refractivity contribution in [1.29, 1.82) is 0 Å². The van der Waals surface area contributed by atoms with Crippen LogP contribution >= 0.6 is 0 Å². The van der Waals surface area contributed by atoms with Crippen molar-refractivity contribution in [3.8, 4) is 5.75 Å². The topological polar surface area (TPSA) is 39.2 Å². The number of aromatic nitrogens is 1. The van der Waals surface area contributed by atoms with Crippen LogP contribution in [0, 0.1) is 28.6 Å². The van der Waals surface area contributed by atoms with E-state index in [1.807, 2.05) is 12.3 Å². The van der Waals surface area contributed by atoms with E-state index in [1.54, 1.807) is 0 Å². The Kier molecular flexibility index (Phi) is 3.38. The first-order valence-electron chi connectivity index (χ1n) is 11.3. The maximum atomic E-state index is 12.1. The van der Waals surface area contributed by atoms with Gasteiger partial charge in [0.05, 0.1) is 5.69 Å². The fourth-order valence-electron chi connectivity index (χ4n) is 8.19. The van der Waals surface area contributed by atoms with Crippen LogP contribution < -0.4 is 4.74 Å². The van der Waals surface area contributed by atoms with E-state index in [-0.39, 0.29) is 16.4 Å². The van der Waals surface area contributed by atoms with Crippen LogP contribution in [0.2, 0.25) is 0 Å². The fraction of sp³-hybridized carbons (Fsp3) is 0.680. The van der Waals surface area contributed by atoms with Gasteiger partial charge >= 0.3 is 0 Å². The van der Waals surface area contributed by atoms with Crippen LogP contribution in [0.5, 0.6) is 5.75 Å². The highest BCUT2D eigenvalue weighted by Gasteiger charge is 2.66. The molecule has 3 fully saturated rings. The number of hydrogen-bond donors (Lipinski definition) is 0. The predicted molar refractivity (Wildman–Crippen MR) is 108 cm³/mol. The Hall–Kier alpha value is -1.64. The lowest BCUT2D eigenvalue weighted by Crippen LogP contribution is -2.56. The number of carbonyl (C=O) groups is 1. The average molecular weight is 378 g/mol. The number of pyridine rings is 1. The Morgan fingerprint density at radius 2 is 2.00 bits per heavy atom. The van der Waals surface area contributed by atoms with Crippen LogP contribution in [0.1, 0.15) is 70.9 Å². The number of ketones is 1.